The van der Waals surface area contributed by atoms with Crippen LogP contribution in [-0.2, 0) is 0 Å². The minimum atomic E-state index is -0.417. The van der Waals surface area contributed by atoms with E-state index in [4.69, 9.17) is 4.42 Å². The number of benzene rings is 3. The van der Waals surface area contributed by atoms with Crippen LogP contribution < -0.4 is 5.43 Å². The van der Waals surface area contributed by atoms with Crippen molar-refractivity contribution in [3.8, 4) is 27.5 Å². The molecule has 130 valence electrons. The molecule has 3 nitrogen and oxygen atoms in total. The first-order valence-electron chi connectivity index (χ1n) is 8.53. The molecule has 0 atom stereocenters. The monoisotopic (exact) mass is 370 g/mol. The Morgan fingerprint density at radius 1 is 0.815 bits per heavy atom. The fraction of sp³-hybridized carbons (Fsp3) is 0. The molecule has 0 saturated heterocycles. The van der Waals surface area contributed by atoms with Crippen LogP contribution >= 0.6 is 11.3 Å². The summed E-state index contributed by atoms with van der Waals surface area (Å²) >= 11 is 1.66. The van der Waals surface area contributed by atoms with Crippen LogP contribution in [0, 0.1) is 0 Å². The van der Waals surface area contributed by atoms with E-state index in [9.17, 15) is 9.90 Å². The van der Waals surface area contributed by atoms with Crippen molar-refractivity contribution >= 4 is 33.1 Å². The third-order valence-electron chi connectivity index (χ3n) is 4.69. The summed E-state index contributed by atoms with van der Waals surface area (Å²) in [7, 11) is 0. The van der Waals surface area contributed by atoms with Crippen molar-refractivity contribution in [3.63, 3.8) is 0 Å². The minimum absolute atomic E-state index is 0.195. The number of hydrogen-bond donors (Lipinski definition) is 1. The van der Waals surface area contributed by atoms with Gasteiger partial charge in [0.1, 0.15) is 5.58 Å². The molecule has 0 aliphatic rings. The van der Waals surface area contributed by atoms with Crippen molar-refractivity contribution in [1.29, 1.82) is 0 Å². The molecule has 27 heavy (non-hydrogen) atoms. The molecule has 0 aliphatic heterocycles. The number of fused-ring (bicyclic) bond motifs is 2. The van der Waals surface area contributed by atoms with Crippen LogP contribution in [-0.4, -0.2) is 5.11 Å². The van der Waals surface area contributed by atoms with Gasteiger partial charge >= 0.3 is 0 Å². The lowest BCUT2D eigenvalue weighted by Gasteiger charge is -2.08. The lowest BCUT2D eigenvalue weighted by Crippen LogP contribution is -2.02. The second-order valence-electron chi connectivity index (χ2n) is 6.36. The zero-order valence-corrected chi connectivity index (χ0v) is 15.0. The van der Waals surface area contributed by atoms with Crippen LogP contribution in [0.15, 0.2) is 87.4 Å². The standard InChI is InChI=1S/C23H14O3S/c24-21-18-12-16-4-1-2-5-17(16)13-19(18)26-23(22(21)25)15-9-7-14(8-10-15)20-6-3-11-27-20/h1-13,25H. The second-order valence-corrected chi connectivity index (χ2v) is 7.31. The summed E-state index contributed by atoms with van der Waals surface area (Å²) in [5.41, 5.74) is 1.80. The van der Waals surface area contributed by atoms with Gasteiger partial charge in [0.25, 0.3) is 0 Å². The molecular formula is C23H14O3S. The molecule has 5 aromatic rings. The number of aromatic hydroxyl groups is 1. The highest BCUT2D eigenvalue weighted by molar-refractivity contribution is 7.13. The van der Waals surface area contributed by atoms with Crippen molar-refractivity contribution in [3.05, 3.63) is 88.4 Å². The highest BCUT2D eigenvalue weighted by Crippen LogP contribution is 2.33. The third kappa shape index (κ3) is 2.62. The average Bonchev–Trinajstić information content (AvgIpc) is 3.25. The van der Waals surface area contributed by atoms with Gasteiger partial charge in [0.15, 0.2) is 5.76 Å². The molecule has 4 heteroatoms. The highest BCUT2D eigenvalue weighted by atomic mass is 32.1. The van der Waals surface area contributed by atoms with E-state index in [1.54, 1.807) is 17.4 Å². The van der Waals surface area contributed by atoms with Crippen LogP contribution in [0.1, 0.15) is 0 Å². The van der Waals surface area contributed by atoms with E-state index in [2.05, 4.69) is 6.07 Å². The Hall–Kier alpha value is -3.37. The Balaban J connectivity index is 1.69. The maximum Gasteiger partial charge on any atom is 0.235 e. The molecule has 2 aromatic heterocycles. The van der Waals surface area contributed by atoms with Crippen LogP contribution in [0.5, 0.6) is 5.75 Å². The third-order valence-corrected chi connectivity index (χ3v) is 5.61. The zero-order valence-electron chi connectivity index (χ0n) is 14.2. The molecule has 0 aliphatic carbocycles. The maximum atomic E-state index is 12.7. The molecular weight excluding hydrogens is 356 g/mol. The van der Waals surface area contributed by atoms with E-state index < -0.39 is 5.43 Å². The smallest absolute Gasteiger partial charge is 0.235 e. The topological polar surface area (TPSA) is 50.4 Å². The summed E-state index contributed by atoms with van der Waals surface area (Å²) in [6.45, 7) is 0. The lowest BCUT2D eigenvalue weighted by molar-refractivity contribution is 0.449. The Bertz CT molecular complexity index is 1330. The Labute approximate surface area is 158 Å². The summed E-state index contributed by atoms with van der Waals surface area (Å²) < 4.78 is 5.95. The summed E-state index contributed by atoms with van der Waals surface area (Å²) in [6.07, 6.45) is 0. The Kier molecular flexibility index (Phi) is 3.59. The maximum absolute atomic E-state index is 12.7. The summed E-state index contributed by atoms with van der Waals surface area (Å²) in [4.78, 5) is 13.9. The molecule has 3 aromatic carbocycles. The van der Waals surface area contributed by atoms with Crippen LogP contribution in [0.2, 0.25) is 0 Å². The molecule has 0 radical (unpaired) electrons. The van der Waals surface area contributed by atoms with Gasteiger partial charge in [-0.2, -0.15) is 0 Å². The fourth-order valence-electron chi connectivity index (χ4n) is 3.29. The first-order chi connectivity index (χ1) is 13.2. The van der Waals surface area contributed by atoms with Gasteiger partial charge in [0.2, 0.25) is 11.2 Å². The Morgan fingerprint density at radius 2 is 1.52 bits per heavy atom. The van der Waals surface area contributed by atoms with E-state index in [-0.39, 0.29) is 11.5 Å². The van der Waals surface area contributed by atoms with Crippen molar-refractivity contribution < 1.29 is 9.52 Å². The predicted octanol–water partition coefficient (Wildman–Crippen LogP) is 6.05. The average molecular weight is 370 g/mol. The molecule has 0 bridgehead atoms. The van der Waals surface area contributed by atoms with E-state index in [1.165, 1.54) is 0 Å². The van der Waals surface area contributed by atoms with Gasteiger partial charge < -0.3 is 9.52 Å². The van der Waals surface area contributed by atoms with Gasteiger partial charge in [-0.3, -0.25) is 4.79 Å². The molecule has 1 N–H and O–H groups in total. The highest BCUT2D eigenvalue weighted by Gasteiger charge is 2.16. The minimum Gasteiger partial charge on any atom is -0.502 e. The first kappa shape index (κ1) is 15.9. The Morgan fingerprint density at radius 3 is 2.22 bits per heavy atom. The molecule has 2 heterocycles. The largest absolute Gasteiger partial charge is 0.502 e. The molecule has 0 fully saturated rings. The van der Waals surface area contributed by atoms with Crippen LogP contribution in [0.3, 0.4) is 0 Å². The van der Waals surface area contributed by atoms with Gasteiger partial charge in [-0.25, -0.2) is 0 Å². The predicted molar refractivity (Wildman–Crippen MR) is 110 cm³/mol. The van der Waals surface area contributed by atoms with Crippen molar-refractivity contribution in [1.82, 2.24) is 0 Å². The van der Waals surface area contributed by atoms with Gasteiger partial charge in [-0.05, 0) is 39.9 Å². The van der Waals surface area contributed by atoms with E-state index in [0.29, 0.717) is 16.5 Å². The molecule has 5 rings (SSSR count). The van der Waals surface area contributed by atoms with Crippen molar-refractivity contribution in [2.45, 2.75) is 0 Å². The number of rotatable bonds is 2. The summed E-state index contributed by atoms with van der Waals surface area (Å²) in [6, 6.07) is 23.1. The quantitative estimate of drug-likeness (QED) is 0.385. The molecule has 0 amide bonds. The van der Waals surface area contributed by atoms with Gasteiger partial charge in [-0.1, -0.05) is 54.6 Å². The van der Waals surface area contributed by atoms with E-state index in [0.717, 1.165) is 21.2 Å². The summed E-state index contributed by atoms with van der Waals surface area (Å²) in [5, 5.41) is 14.8. The van der Waals surface area contributed by atoms with Crippen LogP contribution in [0.4, 0.5) is 0 Å². The normalized spacial score (nSPS) is 11.3. The van der Waals surface area contributed by atoms with Gasteiger partial charge in [-0.15, -0.1) is 11.3 Å². The van der Waals surface area contributed by atoms with Crippen molar-refractivity contribution in [2.24, 2.45) is 0 Å². The molecule has 0 unspecified atom stereocenters. The van der Waals surface area contributed by atoms with Gasteiger partial charge in [0, 0.05) is 10.4 Å². The number of hydrogen-bond acceptors (Lipinski definition) is 4. The second kappa shape index (κ2) is 6.11. The SMILES string of the molecule is O=c1c(O)c(-c2ccc(-c3cccs3)cc2)oc2cc3ccccc3cc12. The zero-order chi connectivity index (χ0) is 18.4. The molecule has 0 saturated carbocycles. The van der Waals surface area contributed by atoms with Crippen LogP contribution in [0.25, 0.3) is 43.5 Å². The fourth-order valence-corrected chi connectivity index (χ4v) is 4.03. The lowest BCUT2D eigenvalue weighted by atomic mass is 10.0. The van der Waals surface area contributed by atoms with E-state index in [1.807, 2.05) is 66.0 Å². The molecule has 0 spiro atoms. The van der Waals surface area contributed by atoms with E-state index >= 15 is 0 Å². The summed E-state index contributed by atoms with van der Waals surface area (Å²) in [5.74, 6) is -0.165. The van der Waals surface area contributed by atoms with Crippen molar-refractivity contribution in [2.75, 3.05) is 0 Å². The first-order valence-corrected chi connectivity index (χ1v) is 9.41. The number of thiophene rings is 1. The van der Waals surface area contributed by atoms with Gasteiger partial charge in [0.05, 0.1) is 5.39 Å².